The molecule has 2 rings (SSSR count). The number of hydrogen-bond acceptors (Lipinski definition) is 2. The van der Waals surface area contributed by atoms with Crippen LogP contribution < -0.4 is 0 Å². The summed E-state index contributed by atoms with van der Waals surface area (Å²) in [5.41, 5.74) is 0.0637. The van der Waals surface area contributed by atoms with Crippen molar-refractivity contribution in [1.82, 2.24) is 4.90 Å². The fourth-order valence-electron chi connectivity index (χ4n) is 2.79. The van der Waals surface area contributed by atoms with Crippen molar-refractivity contribution in [3.63, 3.8) is 0 Å². The number of carboxylic acids is 1. The molecule has 0 unspecified atom stereocenters. The van der Waals surface area contributed by atoms with Gasteiger partial charge in [0.25, 0.3) is 0 Å². The van der Waals surface area contributed by atoms with Crippen molar-refractivity contribution in [2.45, 2.75) is 31.4 Å². The summed E-state index contributed by atoms with van der Waals surface area (Å²) in [6, 6.07) is 7.37. The summed E-state index contributed by atoms with van der Waals surface area (Å²) in [6.45, 7) is 0.379. The van der Waals surface area contributed by atoms with E-state index < -0.39 is 36.3 Å². The highest BCUT2D eigenvalue weighted by atomic mass is 19.4. The van der Waals surface area contributed by atoms with Crippen LogP contribution in [0.2, 0.25) is 0 Å². The van der Waals surface area contributed by atoms with E-state index in [1.165, 1.54) is 29.2 Å². The third kappa shape index (κ3) is 4.46. The Morgan fingerprint density at radius 1 is 1.17 bits per heavy atom. The number of nitrogens with zero attached hydrogens (tertiary/aromatic N) is 1. The number of alkyl halides is 3. The van der Waals surface area contributed by atoms with Crippen molar-refractivity contribution in [1.29, 1.82) is 0 Å². The number of hydrogen-bond donors (Lipinski definition) is 1. The molecule has 7 heteroatoms. The first-order chi connectivity index (χ1) is 10.8. The highest BCUT2D eigenvalue weighted by Gasteiger charge is 2.42. The molecule has 0 aromatic heterocycles. The quantitative estimate of drug-likeness (QED) is 0.924. The molecule has 1 aliphatic heterocycles. The molecule has 126 valence electrons. The number of halogens is 3. The van der Waals surface area contributed by atoms with E-state index in [0.29, 0.717) is 0 Å². The number of aliphatic carboxylic acids is 1. The van der Waals surface area contributed by atoms with Crippen LogP contribution in [0.3, 0.4) is 0 Å². The van der Waals surface area contributed by atoms with Crippen LogP contribution in [0.4, 0.5) is 13.2 Å². The van der Waals surface area contributed by atoms with Gasteiger partial charge in [0.05, 0.1) is 11.8 Å². The highest BCUT2D eigenvalue weighted by Crippen LogP contribution is 2.38. The molecule has 0 radical (unpaired) electrons. The third-order valence-corrected chi connectivity index (χ3v) is 4.17. The summed E-state index contributed by atoms with van der Waals surface area (Å²) < 4.78 is 39.8. The average Bonchev–Trinajstić information content (AvgIpc) is 2.52. The number of rotatable bonds is 4. The van der Waals surface area contributed by atoms with Gasteiger partial charge in [-0.1, -0.05) is 30.3 Å². The fourth-order valence-corrected chi connectivity index (χ4v) is 2.79. The summed E-state index contributed by atoms with van der Waals surface area (Å²) in [5.74, 6) is -3.87. The SMILES string of the molecule is O=C(O)C1CCN(C(=O)C[C@@H](c2ccccc2)C(F)(F)F)CC1. The Morgan fingerprint density at radius 3 is 2.22 bits per heavy atom. The van der Waals surface area contributed by atoms with E-state index >= 15 is 0 Å². The van der Waals surface area contributed by atoms with E-state index in [-0.39, 0.29) is 31.5 Å². The molecule has 0 spiro atoms. The molecule has 1 amide bonds. The van der Waals surface area contributed by atoms with E-state index in [1.807, 2.05) is 0 Å². The van der Waals surface area contributed by atoms with E-state index in [0.717, 1.165) is 0 Å². The van der Waals surface area contributed by atoms with Gasteiger partial charge in [0.2, 0.25) is 5.91 Å². The number of piperidine rings is 1. The Kier molecular flexibility index (Phi) is 5.28. The Morgan fingerprint density at radius 2 is 1.74 bits per heavy atom. The Hall–Kier alpha value is -2.05. The largest absolute Gasteiger partial charge is 0.481 e. The molecule has 1 aliphatic rings. The van der Waals surface area contributed by atoms with Crippen molar-refractivity contribution >= 4 is 11.9 Å². The molecule has 23 heavy (non-hydrogen) atoms. The van der Waals surface area contributed by atoms with Crippen LogP contribution in [0.25, 0.3) is 0 Å². The van der Waals surface area contributed by atoms with E-state index in [4.69, 9.17) is 5.11 Å². The number of benzene rings is 1. The van der Waals surface area contributed by atoms with Crippen LogP contribution in [0.15, 0.2) is 30.3 Å². The number of amides is 1. The molecule has 1 aromatic rings. The molecule has 1 N–H and O–H groups in total. The first kappa shape index (κ1) is 17.3. The summed E-state index contributed by atoms with van der Waals surface area (Å²) in [6.07, 6.45) is -4.59. The molecule has 0 saturated carbocycles. The standard InChI is InChI=1S/C16H18F3NO3/c17-16(18,19)13(11-4-2-1-3-5-11)10-14(21)20-8-6-12(7-9-20)15(22)23/h1-5,12-13H,6-10H2,(H,22,23)/t13-/m0/s1. The van der Waals surface area contributed by atoms with Crippen LogP contribution in [-0.4, -0.2) is 41.1 Å². The Bertz CT molecular complexity index is 551. The molecular weight excluding hydrogens is 311 g/mol. The normalized spacial score (nSPS) is 17.8. The van der Waals surface area contributed by atoms with E-state index in [1.54, 1.807) is 6.07 Å². The first-order valence-electron chi connectivity index (χ1n) is 7.41. The maximum absolute atomic E-state index is 13.3. The number of carboxylic acid groups (broad SMARTS) is 1. The van der Waals surface area contributed by atoms with Gasteiger partial charge >= 0.3 is 12.1 Å². The van der Waals surface area contributed by atoms with Gasteiger partial charge in [0.15, 0.2) is 0 Å². The fraction of sp³-hybridized carbons (Fsp3) is 0.500. The third-order valence-electron chi connectivity index (χ3n) is 4.17. The molecule has 0 bridgehead atoms. The Balaban J connectivity index is 2.03. The van der Waals surface area contributed by atoms with Crippen molar-refractivity contribution in [3.8, 4) is 0 Å². The predicted octanol–water partition coefficient (Wildman–Crippen LogP) is 3.05. The van der Waals surface area contributed by atoms with Crippen molar-refractivity contribution in [2.24, 2.45) is 5.92 Å². The summed E-state index contributed by atoms with van der Waals surface area (Å²) in [5, 5.41) is 8.91. The van der Waals surface area contributed by atoms with Gasteiger partial charge in [0, 0.05) is 19.5 Å². The van der Waals surface area contributed by atoms with Gasteiger partial charge < -0.3 is 10.0 Å². The molecule has 1 atom stereocenters. The molecule has 1 aromatic carbocycles. The van der Waals surface area contributed by atoms with Crippen molar-refractivity contribution < 1.29 is 27.9 Å². The number of carbonyl (C=O) groups excluding carboxylic acids is 1. The molecule has 1 heterocycles. The number of carbonyl (C=O) groups is 2. The van der Waals surface area contributed by atoms with Crippen molar-refractivity contribution in [2.75, 3.05) is 13.1 Å². The summed E-state index contributed by atoms with van der Waals surface area (Å²) in [4.78, 5) is 24.4. The van der Waals surface area contributed by atoms with Crippen LogP contribution in [-0.2, 0) is 9.59 Å². The number of likely N-dealkylation sites (tertiary alicyclic amines) is 1. The van der Waals surface area contributed by atoms with Gasteiger partial charge in [0.1, 0.15) is 0 Å². The predicted molar refractivity (Wildman–Crippen MR) is 76.8 cm³/mol. The first-order valence-corrected chi connectivity index (χ1v) is 7.41. The lowest BCUT2D eigenvalue weighted by molar-refractivity contribution is -0.161. The minimum atomic E-state index is -4.50. The van der Waals surface area contributed by atoms with Gasteiger partial charge in [-0.2, -0.15) is 13.2 Å². The lowest BCUT2D eigenvalue weighted by Crippen LogP contribution is -2.41. The van der Waals surface area contributed by atoms with Gasteiger partial charge in [-0.05, 0) is 18.4 Å². The molecule has 1 saturated heterocycles. The summed E-state index contributed by atoms with van der Waals surface area (Å²) >= 11 is 0. The molecule has 1 fully saturated rings. The second-order valence-corrected chi connectivity index (χ2v) is 5.70. The molecule has 0 aliphatic carbocycles. The zero-order chi connectivity index (χ0) is 17.0. The zero-order valence-electron chi connectivity index (χ0n) is 12.4. The monoisotopic (exact) mass is 329 g/mol. The topological polar surface area (TPSA) is 57.6 Å². The van der Waals surface area contributed by atoms with Crippen molar-refractivity contribution in [3.05, 3.63) is 35.9 Å². The highest BCUT2D eigenvalue weighted by molar-refractivity contribution is 5.78. The minimum Gasteiger partial charge on any atom is -0.481 e. The second-order valence-electron chi connectivity index (χ2n) is 5.70. The van der Waals surface area contributed by atoms with Crippen LogP contribution in [0.5, 0.6) is 0 Å². The zero-order valence-corrected chi connectivity index (χ0v) is 12.4. The molecular formula is C16H18F3NO3. The van der Waals surface area contributed by atoms with Gasteiger partial charge in [-0.3, -0.25) is 9.59 Å². The van der Waals surface area contributed by atoms with E-state index in [2.05, 4.69) is 0 Å². The lowest BCUT2D eigenvalue weighted by atomic mass is 9.93. The minimum absolute atomic E-state index is 0.0637. The lowest BCUT2D eigenvalue weighted by Gasteiger charge is -2.31. The van der Waals surface area contributed by atoms with Gasteiger partial charge in [-0.15, -0.1) is 0 Å². The van der Waals surface area contributed by atoms with Crippen LogP contribution in [0, 0.1) is 5.92 Å². The summed E-state index contributed by atoms with van der Waals surface area (Å²) in [7, 11) is 0. The van der Waals surface area contributed by atoms with E-state index in [9.17, 15) is 22.8 Å². The second kappa shape index (κ2) is 7.02. The smallest absolute Gasteiger partial charge is 0.396 e. The maximum atomic E-state index is 13.3. The maximum Gasteiger partial charge on any atom is 0.396 e. The van der Waals surface area contributed by atoms with Crippen LogP contribution in [0.1, 0.15) is 30.7 Å². The molecule has 4 nitrogen and oxygen atoms in total. The average molecular weight is 329 g/mol. The Labute approximate surface area is 131 Å². The van der Waals surface area contributed by atoms with Gasteiger partial charge in [-0.25, -0.2) is 0 Å². The van der Waals surface area contributed by atoms with Crippen LogP contribution >= 0.6 is 0 Å².